The normalized spacial score (nSPS) is 12.9. The minimum atomic E-state index is -3.75. The monoisotopic (exact) mass is 339 g/mol. The van der Waals surface area contributed by atoms with Crippen LogP contribution in [-0.2, 0) is 17.1 Å². The number of nitrogens with one attached hydrogen (secondary N) is 1. The molecule has 23 heavy (non-hydrogen) atoms. The highest BCUT2D eigenvalue weighted by atomic mass is 32.2. The van der Waals surface area contributed by atoms with Gasteiger partial charge in [0.1, 0.15) is 16.4 Å². The molecule has 0 saturated heterocycles. The van der Waals surface area contributed by atoms with Crippen LogP contribution in [0.15, 0.2) is 29.3 Å². The summed E-state index contributed by atoms with van der Waals surface area (Å²) in [6.07, 6.45) is 1.80. The molecule has 7 nitrogen and oxygen atoms in total. The fourth-order valence-electron chi connectivity index (χ4n) is 2.40. The van der Waals surface area contributed by atoms with Gasteiger partial charge in [-0.2, -0.15) is 5.10 Å². The fraction of sp³-hybridized carbons (Fsp3) is 0.400. The quantitative estimate of drug-likeness (QED) is 0.867. The Morgan fingerprint density at radius 1 is 1.26 bits per heavy atom. The van der Waals surface area contributed by atoms with Gasteiger partial charge in [0.15, 0.2) is 0 Å². The fourth-order valence-corrected chi connectivity index (χ4v) is 3.77. The molecule has 0 fully saturated rings. The topological polar surface area (TPSA) is 82.5 Å². The Morgan fingerprint density at radius 3 is 2.48 bits per heavy atom. The Bertz CT molecular complexity index is 799. The van der Waals surface area contributed by atoms with Gasteiger partial charge in [-0.25, -0.2) is 13.1 Å². The maximum absolute atomic E-state index is 12.7. The molecular weight excluding hydrogens is 318 g/mol. The number of sulfonamides is 1. The summed E-state index contributed by atoms with van der Waals surface area (Å²) in [5.74, 6) is 0.754. The Labute approximate surface area is 136 Å². The summed E-state index contributed by atoms with van der Waals surface area (Å²) in [4.78, 5) is 0.0641. The second-order valence-corrected chi connectivity index (χ2v) is 6.89. The van der Waals surface area contributed by atoms with E-state index in [9.17, 15) is 8.42 Å². The highest BCUT2D eigenvalue weighted by Gasteiger charge is 2.24. The Balaban J connectivity index is 2.33. The molecule has 0 spiro atoms. The predicted molar refractivity (Wildman–Crippen MR) is 86.2 cm³/mol. The summed E-state index contributed by atoms with van der Waals surface area (Å²) in [5, 5.41) is 4.23. The van der Waals surface area contributed by atoms with Crippen LogP contribution < -0.4 is 14.2 Å². The van der Waals surface area contributed by atoms with E-state index < -0.39 is 16.1 Å². The molecule has 0 aliphatic rings. The molecule has 0 aliphatic heterocycles. The third kappa shape index (κ3) is 3.65. The van der Waals surface area contributed by atoms with Crippen LogP contribution in [0.2, 0.25) is 0 Å². The summed E-state index contributed by atoms with van der Waals surface area (Å²) in [6, 6.07) is 4.16. The van der Waals surface area contributed by atoms with E-state index in [1.54, 1.807) is 30.9 Å². The smallest absolute Gasteiger partial charge is 0.244 e. The van der Waals surface area contributed by atoms with E-state index in [1.807, 2.05) is 6.92 Å². The molecule has 1 aromatic heterocycles. The van der Waals surface area contributed by atoms with Crippen molar-refractivity contribution in [3.63, 3.8) is 0 Å². The summed E-state index contributed by atoms with van der Waals surface area (Å²) >= 11 is 0. The van der Waals surface area contributed by atoms with Crippen molar-refractivity contribution < 1.29 is 17.9 Å². The van der Waals surface area contributed by atoms with Crippen LogP contribution in [0.4, 0.5) is 0 Å². The van der Waals surface area contributed by atoms with Crippen LogP contribution in [0.5, 0.6) is 11.5 Å². The molecule has 1 N–H and O–H groups in total. The van der Waals surface area contributed by atoms with E-state index in [-0.39, 0.29) is 10.6 Å². The Kier molecular flexibility index (Phi) is 4.96. The van der Waals surface area contributed by atoms with Gasteiger partial charge in [-0.15, -0.1) is 0 Å². The van der Waals surface area contributed by atoms with Crippen molar-refractivity contribution >= 4 is 10.0 Å². The highest BCUT2D eigenvalue weighted by molar-refractivity contribution is 7.89. The first-order chi connectivity index (χ1) is 10.8. The molecule has 0 saturated carbocycles. The zero-order chi connectivity index (χ0) is 17.2. The Hall–Kier alpha value is -2.06. The predicted octanol–water partition coefficient (Wildman–Crippen LogP) is 1.79. The minimum Gasteiger partial charge on any atom is -0.497 e. The average molecular weight is 339 g/mol. The molecule has 0 bridgehead atoms. The number of nitrogens with zero attached hydrogens (tertiary/aromatic N) is 2. The first-order valence-corrected chi connectivity index (χ1v) is 8.51. The van der Waals surface area contributed by atoms with Crippen molar-refractivity contribution in [2.24, 2.45) is 7.05 Å². The third-order valence-electron chi connectivity index (χ3n) is 3.51. The first-order valence-electron chi connectivity index (χ1n) is 7.03. The number of hydrogen-bond donors (Lipinski definition) is 1. The number of benzene rings is 1. The van der Waals surface area contributed by atoms with Crippen LogP contribution in [0.3, 0.4) is 0 Å². The van der Waals surface area contributed by atoms with Gasteiger partial charge in [0, 0.05) is 30.9 Å². The molecule has 2 aromatic rings. The molecule has 8 heteroatoms. The van der Waals surface area contributed by atoms with Gasteiger partial charge in [-0.05, 0) is 26.0 Å². The molecule has 1 atom stereocenters. The molecule has 0 radical (unpaired) electrons. The second-order valence-electron chi connectivity index (χ2n) is 5.20. The van der Waals surface area contributed by atoms with E-state index in [0.717, 1.165) is 11.3 Å². The van der Waals surface area contributed by atoms with Gasteiger partial charge >= 0.3 is 0 Å². The zero-order valence-electron chi connectivity index (χ0n) is 13.8. The summed E-state index contributed by atoms with van der Waals surface area (Å²) in [5.41, 5.74) is 1.60. The maximum Gasteiger partial charge on any atom is 0.244 e. The van der Waals surface area contributed by atoms with Crippen LogP contribution in [0, 0.1) is 6.92 Å². The van der Waals surface area contributed by atoms with Crippen molar-refractivity contribution in [3.05, 3.63) is 35.7 Å². The molecule has 0 amide bonds. The largest absolute Gasteiger partial charge is 0.497 e. The van der Waals surface area contributed by atoms with Crippen molar-refractivity contribution in [1.82, 2.24) is 14.5 Å². The van der Waals surface area contributed by atoms with Gasteiger partial charge in [0.05, 0.1) is 19.9 Å². The summed E-state index contributed by atoms with van der Waals surface area (Å²) in [6.45, 7) is 3.62. The van der Waals surface area contributed by atoms with Crippen LogP contribution in [0.25, 0.3) is 0 Å². The lowest BCUT2D eigenvalue weighted by molar-refractivity contribution is 0.385. The van der Waals surface area contributed by atoms with E-state index in [0.29, 0.717) is 5.75 Å². The lowest BCUT2D eigenvalue weighted by Gasteiger charge is -2.16. The standard InChI is InChI=1S/C15H21N3O4S/c1-10-13(9-18(3)16-10)11(2)17-23(19,20)15-7-6-12(21-4)8-14(15)22-5/h6-9,11,17H,1-5H3. The van der Waals surface area contributed by atoms with Gasteiger partial charge < -0.3 is 9.47 Å². The van der Waals surface area contributed by atoms with Crippen LogP contribution in [0.1, 0.15) is 24.2 Å². The van der Waals surface area contributed by atoms with Crippen molar-refractivity contribution in [3.8, 4) is 11.5 Å². The third-order valence-corrected chi connectivity index (χ3v) is 5.09. The number of hydrogen-bond acceptors (Lipinski definition) is 5. The van der Waals surface area contributed by atoms with E-state index in [2.05, 4.69) is 9.82 Å². The number of aryl methyl sites for hydroxylation is 2. The molecule has 0 aliphatic carbocycles. The Morgan fingerprint density at radius 2 is 1.96 bits per heavy atom. The number of ether oxygens (including phenoxy) is 2. The minimum absolute atomic E-state index is 0.0641. The van der Waals surface area contributed by atoms with Crippen molar-refractivity contribution in [2.75, 3.05) is 14.2 Å². The molecule has 126 valence electrons. The van der Waals surface area contributed by atoms with Gasteiger partial charge in [-0.1, -0.05) is 0 Å². The first kappa shape index (κ1) is 17.3. The lowest BCUT2D eigenvalue weighted by atomic mass is 10.1. The highest BCUT2D eigenvalue weighted by Crippen LogP contribution is 2.29. The maximum atomic E-state index is 12.7. The number of methoxy groups -OCH3 is 2. The molecular formula is C15H21N3O4S. The van der Waals surface area contributed by atoms with Crippen molar-refractivity contribution in [1.29, 1.82) is 0 Å². The summed E-state index contributed by atoms with van der Waals surface area (Å²) < 4.78 is 39.9. The molecule has 1 unspecified atom stereocenters. The van der Waals surface area contributed by atoms with E-state index >= 15 is 0 Å². The zero-order valence-corrected chi connectivity index (χ0v) is 14.6. The second kappa shape index (κ2) is 6.59. The SMILES string of the molecule is COc1ccc(S(=O)(=O)NC(C)c2cn(C)nc2C)c(OC)c1. The summed E-state index contributed by atoms with van der Waals surface area (Å²) in [7, 11) is 0.973. The lowest BCUT2D eigenvalue weighted by Crippen LogP contribution is -2.27. The molecule has 1 heterocycles. The van der Waals surface area contributed by atoms with Crippen LogP contribution in [-0.4, -0.2) is 32.4 Å². The molecule has 1 aromatic carbocycles. The van der Waals surface area contributed by atoms with E-state index in [4.69, 9.17) is 9.47 Å². The average Bonchev–Trinajstić information content (AvgIpc) is 2.84. The van der Waals surface area contributed by atoms with Gasteiger partial charge in [0.2, 0.25) is 10.0 Å². The van der Waals surface area contributed by atoms with E-state index in [1.165, 1.54) is 26.4 Å². The van der Waals surface area contributed by atoms with Gasteiger partial charge in [0.25, 0.3) is 0 Å². The molecule has 2 rings (SSSR count). The van der Waals surface area contributed by atoms with Crippen LogP contribution >= 0.6 is 0 Å². The van der Waals surface area contributed by atoms with Gasteiger partial charge in [-0.3, -0.25) is 4.68 Å². The number of rotatable bonds is 6. The number of aromatic nitrogens is 2. The van der Waals surface area contributed by atoms with Crippen molar-refractivity contribution in [2.45, 2.75) is 24.8 Å².